The van der Waals surface area contributed by atoms with E-state index in [1.165, 1.54) is 11.1 Å². The molecule has 4 nitrogen and oxygen atoms in total. The highest BCUT2D eigenvalue weighted by Gasteiger charge is 2.31. The van der Waals surface area contributed by atoms with E-state index in [0.29, 0.717) is 18.4 Å². The fourth-order valence-corrected chi connectivity index (χ4v) is 4.97. The van der Waals surface area contributed by atoms with Crippen LogP contribution in [-0.4, -0.2) is 31.4 Å². The van der Waals surface area contributed by atoms with Gasteiger partial charge in [0.15, 0.2) is 11.5 Å². The Kier molecular flexibility index (Phi) is 8.34. The number of hydrogen-bond acceptors (Lipinski definition) is 4. The summed E-state index contributed by atoms with van der Waals surface area (Å²) in [5.41, 5.74) is 2.50. The van der Waals surface area contributed by atoms with Gasteiger partial charge in [0.25, 0.3) is 0 Å². The molecule has 0 aliphatic carbocycles. The summed E-state index contributed by atoms with van der Waals surface area (Å²) in [7, 11) is 0. The maximum atomic E-state index is 13.5. The minimum absolute atomic E-state index is 0.196. The Hall–Kier alpha value is -3.83. The summed E-state index contributed by atoms with van der Waals surface area (Å²) in [6.07, 6.45) is 1.02. The molecule has 5 heteroatoms. The molecule has 2 atom stereocenters. The van der Waals surface area contributed by atoms with Crippen LogP contribution in [0.15, 0.2) is 109 Å². The van der Waals surface area contributed by atoms with E-state index in [0.717, 1.165) is 43.3 Å². The zero-order valence-electron chi connectivity index (χ0n) is 20.8. The quantitative estimate of drug-likeness (QED) is 0.289. The number of rotatable bonds is 6. The van der Waals surface area contributed by atoms with Crippen LogP contribution in [-0.2, 0) is 6.54 Å². The van der Waals surface area contributed by atoms with E-state index >= 15 is 0 Å². The molecule has 2 aliphatic rings. The summed E-state index contributed by atoms with van der Waals surface area (Å²) in [5, 5.41) is 0. The average Bonchev–Trinajstić information content (AvgIpc) is 3.43. The third-order valence-electron chi connectivity index (χ3n) is 6.84. The minimum atomic E-state index is -0.196. The summed E-state index contributed by atoms with van der Waals surface area (Å²) in [4.78, 5) is 2.49. The molecule has 2 heterocycles. The number of fused-ring (bicyclic) bond motifs is 1. The zero-order valence-corrected chi connectivity index (χ0v) is 20.8. The molecule has 0 saturated carbocycles. The number of piperidine rings is 1. The first-order valence-corrected chi connectivity index (χ1v) is 12.8. The van der Waals surface area contributed by atoms with Crippen LogP contribution in [0.4, 0.5) is 4.39 Å². The van der Waals surface area contributed by atoms with Crippen LogP contribution in [0.3, 0.4) is 0 Å². The van der Waals surface area contributed by atoms with Crippen molar-refractivity contribution in [1.29, 1.82) is 0 Å². The Bertz CT molecular complexity index is 1210. The van der Waals surface area contributed by atoms with E-state index < -0.39 is 0 Å². The van der Waals surface area contributed by atoms with Gasteiger partial charge in [-0.25, -0.2) is 4.39 Å². The van der Waals surface area contributed by atoms with E-state index in [9.17, 15) is 4.39 Å². The molecular weight excluding hydrogens is 465 g/mol. The first-order valence-electron chi connectivity index (χ1n) is 12.8. The van der Waals surface area contributed by atoms with E-state index in [2.05, 4.69) is 29.2 Å². The maximum Gasteiger partial charge on any atom is 0.231 e. The Balaban J connectivity index is 0.000000412. The summed E-state index contributed by atoms with van der Waals surface area (Å²) < 4.78 is 30.5. The van der Waals surface area contributed by atoms with Crippen LogP contribution in [0.25, 0.3) is 0 Å². The van der Waals surface area contributed by atoms with E-state index in [-0.39, 0.29) is 12.6 Å². The van der Waals surface area contributed by atoms with Crippen LogP contribution in [0.2, 0.25) is 0 Å². The molecule has 0 unspecified atom stereocenters. The van der Waals surface area contributed by atoms with Gasteiger partial charge in [0.2, 0.25) is 6.79 Å². The fraction of sp³-hybridized carbons (Fsp3) is 0.250. The first-order chi connectivity index (χ1) is 18.2. The number of benzene rings is 4. The van der Waals surface area contributed by atoms with Gasteiger partial charge in [-0.3, -0.25) is 4.90 Å². The van der Waals surface area contributed by atoms with Crippen molar-refractivity contribution in [3.63, 3.8) is 0 Å². The molecule has 37 heavy (non-hydrogen) atoms. The van der Waals surface area contributed by atoms with Gasteiger partial charge in [-0.1, -0.05) is 78.9 Å². The van der Waals surface area contributed by atoms with E-state index in [1.54, 1.807) is 12.1 Å². The molecule has 0 spiro atoms. The van der Waals surface area contributed by atoms with Crippen molar-refractivity contribution in [3.05, 3.63) is 126 Å². The van der Waals surface area contributed by atoms with E-state index in [4.69, 9.17) is 14.2 Å². The van der Waals surface area contributed by atoms with Crippen molar-refractivity contribution in [3.8, 4) is 17.2 Å². The zero-order chi connectivity index (χ0) is 25.3. The Morgan fingerprint density at radius 2 is 1.46 bits per heavy atom. The number of halogens is 1. The summed E-state index contributed by atoms with van der Waals surface area (Å²) in [6.45, 7) is 3.71. The molecular formula is C32H32FNO3. The van der Waals surface area contributed by atoms with Gasteiger partial charge in [-0.05, 0) is 54.3 Å². The number of ether oxygens (including phenoxy) is 3. The molecule has 1 saturated heterocycles. The molecule has 190 valence electrons. The van der Waals surface area contributed by atoms with Crippen LogP contribution in [0.1, 0.15) is 23.5 Å². The molecule has 0 bridgehead atoms. The summed E-state index contributed by atoms with van der Waals surface area (Å²) in [5.74, 6) is 2.70. The lowest BCUT2D eigenvalue weighted by Crippen LogP contribution is -2.41. The Morgan fingerprint density at radius 3 is 2.19 bits per heavy atom. The smallest absolute Gasteiger partial charge is 0.231 e. The molecule has 4 aromatic carbocycles. The van der Waals surface area contributed by atoms with Crippen LogP contribution in [0.5, 0.6) is 17.2 Å². The largest absolute Gasteiger partial charge is 0.493 e. The van der Waals surface area contributed by atoms with Gasteiger partial charge in [0, 0.05) is 25.1 Å². The van der Waals surface area contributed by atoms with Gasteiger partial charge in [0.05, 0.1) is 6.61 Å². The molecule has 2 aliphatic heterocycles. The highest BCUT2D eigenvalue weighted by molar-refractivity contribution is 5.46. The molecule has 6 rings (SSSR count). The molecule has 1 fully saturated rings. The molecule has 0 N–H and O–H groups in total. The molecule has 0 aromatic heterocycles. The van der Waals surface area contributed by atoms with Crippen molar-refractivity contribution < 1.29 is 18.6 Å². The van der Waals surface area contributed by atoms with E-state index in [1.807, 2.05) is 72.8 Å². The van der Waals surface area contributed by atoms with Crippen molar-refractivity contribution in [2.75, 3.05) is 26.5 Å². The third kappa shape index (κ3) is 6.89. The minimum Gasteiger partial charge on any atom is -0.493 e. The second-order valence-corrected chi connectivity index (χ2v) is 9.41. The highest BCUT2D eigenvalue weighted by atomic mass is 19.1. The van der Waals surface area contributed by atoms with Crippen LogP contribution >= 0.6 is 0 Å². The summed E-state index contributed by atoms with van der Waals surface area (Å²) in [6, 6.07) is 35.2. The lowest BCUT2D eigenvalue weighted by Gasteiger charge is -2.39. The standard InChI is InChI=1S/C26H26FNO3.C6H6/c27-22-8-6-20(7-9-22)24-12-13-28(15-19-4-2-1-3-5-19)16-21(24)17-29-23-10-11-25-26(14-23)31-18-30-25;1-2-4-6-5-3-1/h1-11,14,21,24H,12-13,15-18H2;1-6H/t21-,24-;/m0./s1. The Morgan fingerprint density at radius 1 is 0.784 bits per heavy atom. The molecule has 4 aromatic rings. The SMILES string of the molecule is Fc1ccc([C@@H]2CCN(Cc3ccccc3)C[C@H]2COc2ccc3c(c2)OCO3)cc1.c1ccccc1. The highest BCUT2D eigenvalue weighted by Crippen LogP contribution is 2.37. The third-order valence-corrected chi connectivity index (χ3v) is 6.84. The van der Waals surface area contributed by atoms with Crippen molar-refractivity contribution in [2.45, 2.75) is 18.9 Å². The maximum absolute atomic E-state index is 13.5. The first kappa shape index (κ1) is 24.8. The van der Waals surface area contributed by atoms with Crippen LogP contribution in [0, 0.1) is 11.7 Å². The van der Waals surface area contributed by atoms with Crippen molar-refractivity contribution in [2.24, 2.45) is 5.92 Å². The second kappa shape index (κ2) is 12.4. The lowest BCUT2D eigenvalue weighted by molar-refractivity contribution is 0.106. The second-order valence-electron chi connectivity index (χ2n) is 9.41. The normalized spacial score (nSPS) is 18.5. The number of nitrogens with zero attached hydrogens (tertiary/aromatic N) is 1. The van der Waals surface area contributed by atoms with Gasteiger partial charge in [0.1, 0.15) is 11.6 Å². The molecule has 0 radical (unpaired) electrons. The van der Waals surface area contributed by atoms with Gasteiger partial charge in [-0.15, -0.1) is 0 Å². The molecule has 0 amide bonds. The fourth-order valence-electron chi connectivity index (χ4n) is 4.97. The predicted octanol–water partition coefficient (Wildman–Crippen LogP) is 6.93. The van der Waals surface area contributed by atoms with Crippen molar-refractivity contribution >= 4 is 0 Å². The van der Waals surface area contributed by atoms with Gasteiger partial charge in [-0.2, -0.15) is 0 Å². The number of likely N-dealkylation sites (tertiary alicyclic amines) is 1. The van der Waals surface area contributed by atoms with Gasteiger partial charge < -0.3 is 14.2 Å². The summed E-state index contributed by atoms with van der Waals surface area (Å²) >= 11 is 0. The Labute approximate surface area is 218 Å². The monoisotopic (exact) mass is 497 g/mol. The lowest BCUT2D eigenvalue weighted by atomic mass is 9.80. The average molecular weight is 498 g/mol. The van der Waals surface area contributed by atoms with Crippen molar-refractivity contribution in [1.82, 2.24) is 4.90 Å². The number of hydrogen-bond donors (Lipinski definition) is 0. The van der Waals surface area contributed by atoms with Crippen LogP contribution < -0.4 is 14.2 Å². The predicted molar refractivity (Wildman–Crippen MR) is 143 cm³/mol. The topological polar surface area (TPSA) is 30.9 Å². The van der Waals surface area contributed by atoms with Gasteiger partial charge >= 0.3 is 0 Å².